The highest BCUT2D eigenvalue weighted by molar-refractivity contribution is 6.31. The van der Waals surface area contributed by atoms with E-state index in [0.29, 0.717) is 12.4 Å². The third-order valence-corrected chi connectivity index (χ3v) is 2.64. The van der Waals surface area contributed by atoms with Crippen LogP contribution in [0, 0.1) is 6.92 Å². The van der Waals surface area contributed by atoms with Crippen molar-refractivity contribution in [3.8, 4) is 0 Å². The molecule has 0 aliphatic rings. The maximum atomic E-state index is 6.05. The van der Waals surface area contributed by atoms with Gasteiger partial charge >= 0.3 is 0 Å². The molecule has 78 valence electrons. The number of nitrogens with zero attached hydrogens (tertiary/aromatic N) is 2. The van der Waals surface area contributed by atoms with Crippen molar-refractivity contribution in [2.45, 2.75) is 13.5 Å². The molecule has 3 nitrogen and oxygen atoms in total. The van der Waals surface area contributed by atoms with Crippen LogP contribution in [0.5, 0.6) is 0 Å². The van der Waals surface area contributed by atoms with Gasteiger partial charge in [0, 0.05) is 16.8 Å². The van der Waals surface area contributed by atoms with E-state index < -0.39 is 0 Å². The van der Waals surface area contributed by atoms with E-state index in [9.17, 15) is 0 Å². The second kappa shape index (κ2) is 3.95. The smallest absolute Gasteiger partial charge is 0.148 e. The van der Waals surface area contributed by atoms with Gasteiger partial charge in [-0.15, -0.1) is 0 Å². The lowest BCUT2D eigenvalue weighted by Crippen LogP contribution is -2.01. The van der Waals surface area contributed by atoms with Crippen LogP contribution in [0.3, 0.4) is 0 Å². The Kier molecular flexibility index (Phi) is 2.64. The maximum absolute atomic E-state index is 6.05. The minimum absolute atomic E-state index is 0.571. The average Bonchev–Trinajstić information content (AvgIpc) is 2.50. The number of nitrogen functional groups attached to an aromatic ring is 1. The third-order valence-electron chi connectivity index (χ3n) is 2.27. The Labute approximate surface area is 93.5 Å². The van der Waals surface area contributed by atoms with E-state index in [-0.39, 0.29) is 0 Å². The minimum atomic E-state index is 0.571. The lowest BCUT2D eigenvalue weighted by molar-refractivity contribution is 0.690. The molecule has 0 radical (unpaired) electrons. The Bertz CT molecular complexity index is 457. The summed E-state index contributed by atoms with van der Waals surface area (Å²) in [6, 6.07) is 7.72. The van der Waals surface area contributed by atoms with Gasteiger partial charge < -0.3 is 5.73 Å². The second-order valence-corrected chi connectivity index (χ2v) is 3.89. The average molecular weight is 222 g/mol. The normalized spacial score (nSPS) is 10.5. The van der Waals surface area contributed by atoms with Crippen molar-refractivity contribution in [3.63, 3.8) is 0 Å². The van der Waals surface area contributed by atoms with Crippen LogP contribution in [-0.4, -0.2) is 9.78 Å². The highest BCUT2D eigenvalue weighted by Gasteiger charge is 2.03. The first-order valence-electron chi connectivity index (χ1n) is 4.70. The summed E-state index contributed by atoms with van der Waals surface area (Å²) in [4.78, 5) is 0. The van der Waals surface area contributed by atoms with Crippen molar-refractivity contribution in [1.29, 1.82) is 0 Å². The Morgan fingerprint density at radius 3 is 2.73 bits per heavy atom. The zero-order valence-corrected chi connectivity index (χ0v) is 9.20. The van der Waals surface area contributed by atoms with Gasteiger partial charge in [-0.2, -0.15) is 5.10 Å². The molecule has 0 saturated heterocycles. The zero-order chi connectivity index (χ0) is 10.8. The molecule has 1 aromatic carbocycles. The van der Waals surface area contributed by atoms with E-state index in [2.05, 4.69) is 5.10 Å². The fourth-order valence-corrected chi connectivity index (χ4v) is 1.61. The summed E-state index contributed by atoms with van der Waals surface area (Å²) in [7, 11) is 0. The highest BCUT2D eigenvalue weighted by atomic mass is 35.5. The van der Waals surface area contributed by atoms with Gasteiger partial charge in [0.2, 0.25) is 0 Å². The standard InChI is InChI=1S/C11H12ClN3/c1-8-6-15(14-11(8)13)7-9-4-2-3-5-10(9)12/h2-6H,7H2,1H3,(H2,13,14). The molecule has 0 spiro atoms. The van der Waals surface area contributed by atoms with Crippen molar-refractivity contribution in [2.24, 2.45) is 0 Å². The number of hydrogen-bond acceptors (Lipinski definition) is 2. The summed E-state index contributed by atoms with van der Waals surface area (Å²) < 4.78 is 1.80. The quantitative estimate of drug-likeness (QED) is 0.847. The van der Waals surface area contributed by atoms with Crippen LogP contribution in [0.4, 0.5) is 5.82 Å². The number of halogens is 1. The van der Waals surface area contributed by atoms with E-state index in [1.165, 1.54) is 0 Å². The van der Waals surface area contributed by atoms with Crippen molar-refractivity contribution >= 4 is 17.4 Å². The fourth-order valence-electron chi connectivity index (χ4n) is 1.42. The summed E-state index contributed by atoms with van der Waals surface area (Å²) in [5.41, 5.74) is 7.70. The van der Waals surface area contributed by atoms with Crippen LogP contribution < -0.4 is 5.73 Å². The first-order valence-corrected chi connectivity index (χ1v) is 5.07. The summed E-state index contributed by atoms with van der Waals surface area (Å²) in [6.07, 6.45) is 1.92. The molecule has 1 heterocycles. The van der Waals surface area contributed by atoms with Crippen LogP contribution >= 0.6 is 11.6 Å². The van der Waals surface area contributed by atoms with E-state index >= 15 is 0 Å². The molecule has 2 aromatic rings. The van der Waals surface area contributed by atoms with Gasteiger partial charge in [0.25, 0.3) is 0 Å². The fraction of sp³-hybridized carbons (Fsp3) is 0.182. The predicted octanol–water partition coefficient (Wildman–Crippen LogP) is 2.48. The zero-order valence-electron chi connectivity index (χ0n) is 8.44. The molecule has 0 atom stereocenters. The van der Waals surface area contributed by atoms with Gasteiger partial charge in [0.15, 0.2) is 0 Å². The minimum Gasteiger partial charge on any atom is -0.382 e. The van der Waals surface area contributed by atoms with Gasteiger partial charge in [0.05, 0.1) is 6.54 Å². The summed E-state index contributed by atoms with van der Waals surface area (Å²) in [5.74, 6) is 0.571. The van der Waals surface area contributed by atoms with E-state index in [1.807, 2.05) is 37.4 Å². The number of anilines is 1. The van der Waals surface area contributed by atoms with Gasteiger partial charge in [-0.1, -0.05) is 29.8 Å². The number of aryl methyl sites for hydroxylation is 1. The van der Waals surface area contributed by atoms with Gasteiger partial charge in [-0.3, -0.25) is 4.68 Å². The summed E-state index contributed by atoms with van der Waals surface area (Å²) >= 11 is 6.05. The Hall–Kier alpha value is -1.48. The molecule has 4 heteroatoms. The number of benzene rings is 1. The summed E-state index contributed by atoms with van der Waals surface area (Å²) in [6.45, 7) is 2.59. The molecule has 0 aliphatic heterocycles. The first kappa shape index (κ1) is 10.1. The number of rotatable bonds is 2. The molecular weight excluding hydrogens is 210 g/mol. The number of aromatic nitrogens is 2. The van der Waals surface area contributed by atoms with Crippen molar-refractivity contribution in [2.75, 3.05) is 5.73 Å². The molecule has 0 aliphatic carbocycles. The SMILES string of the molecule is Cc1cn(Cc2ccccc2Cl)nc1N. The second-order valence-electron chi connectivity index (χ2n) is 3.49. The van der Waals surface area contributed by atoms with Crippen LogP contribution in [0.2, 0.25) is 5.02 Å². The van der Waals surface area contributed by atoms with Gasteiger partial charge in [0.1, 0.15) is 5.82 Å². The third kappa shape index (κ3) is 2.13. The van der Waals surface area contributed by atoms with Crippen LogP contribution in [0.25, 0.3) is 0 Å². The molecule has 0 unspecified atom stereocenters. The molecule has 0 amide bonds. The molecule has 2 N–H and O–H groups in total. The van der Waals surface area contributed by atoms with Crippen LogP contribution in [0.15, 0.2) is 30.5 Å². The van der Waals surface area contributed by atoms with E-state index in [1.54, 1.807) is 4.68 Å². The molecule has 0 saturated carbocycles. The molecule has 1 aromatic heterocycles. The lowest BCUT2D eigenvalue weighted by Gasteiger charge is -2.03. The predicted molar refractivity (Wildman–Crippen MR) is 61.9 cm³/mol. The van der Waals surface area contributed by atoms with Gasteiger partial charge in [-0.05, 0) is 18.6 Å². The topological polar surface area (TPSA) is 43.8 Å². The lowest BCUT2D eigenvalue weighted by atomic mass is 10.2. The highest BCUT2D eigenvalue weighted by Crippen LogP contribution is 2.17. The molecule has 0 fully saturated rings. The van der Waals surface area contributed by atoms with E-state index in [4.69, 9.17) is 17.3 Å². The van der Waals surface area contributed by atoms with Gasteiger partial charge in [-0.25, -0.2) is 0 Å². The van der Waals surface area contributed by atoms with Crippen molar-refractivity contribution in [3.05, 3.63) is 46.6 Å². The Morgan fingerprint density at radius 2 is 2.13 bits per heavy atom. The van der Waals surface area contributed by atoms with Crippen molar-refractivity contribution < 1.29 is 0 Å². The van der Waals surface area contributed by atoms with E-state index in [0.717, 1.165) is 16.1 Å². The number of hydrogen-bond donors (Lipinski definition) is 1. The molecular formula is C11H12ClN3. The Morgan fingerprint density at radius 1 is 1.40 bits per heavy atom. The first-order chi connectivity index (χ1) is 7.16. The molecule has 2 rings (SSSR count). The number of nitrogens with two attached hydrogens (primary N) is 1. The van der Waals surface area contributed by atoms with Crippen molar-refractivity contribution in [1.82, 2.24) is 9.78 Å². The largest absolute Gasteiger partial charge is 0.382 e. The Balaban J connectivity index is 2.26. The monoisotopic (exact) mass is 221 g/mol. The van der Waals surface area contributed by atoms with Crippen LogP contribution in [-0.2, 0) is 6.54 Å². The molecule has 15 heavy (non-hydrogen) atoms. The maximum Gasteiger partial charge on any atom is 0.148 e. The van der Waals surface area contributed by atoms with Crippen LogP contribution in [0.1, 0.15) is 11.1 Å². The summed E-state index contributed by atoms with van der Waals surface area (Å²) in [5, 5.41) is 4.94. The molecule has 0 bridgehead atoms.